The van der Waals surface area contributed by atoms with Gasteiger partial charge in [0.1, 0.15) is 17.7 Å². The number of sulfone groups is 1. The van der Waals surface area contributed by atoms with Crippen LogP contribution in [0.3, 0.4) is 0 Å². The first-order valence-corrected chi connectivity index (χ1v) is 11.0. The smallest absolute Gasteiger partial charge is 0.288 e. The summed E-state index contributed by atoms with van der Waals surface area (Å²) in [4.78, 5) is 16.4. The van der Waals surface area contributed by atoms with Crippen LogP contribution in [0.25, 0.3) is 16.8 Å². The van der Waals surface area contributed by atoms with Gasteiger partial charge >= 0.3 is 0 Å². The van der Waals surface area contributed by atoms with Crippen molar-refractivity contribution in [2.75, 3.05) is 6.26 Å². The number of hydrogen-bond donors (Lipinski definition) is 1. The Hall–Kier alpha value is -3.60. The van der Waals surface area contributed by atoms with Crippen molar-refractivity contribution in [2.24, 2.45) is 0 Å². The Morgan fingerprint density at radius 1 is 1.19 bits per heavy atom. The zero-order valence-corrected chi connectivity index (χ0v) is 17.2. The fraction of sp³-hybridized carbons (Fsp3) is 0.150. The largest absolute Gasteiger partial charge is 0.435 e. The average molecular weight is 446 g/mol. The quantitative estimate of drug-likeness (QED) is 0.505. The van der Waals surface area contributed by atoms with Crippen molar-refractivity contribution in [3.05, 3.63) is 76.0 Å². The lowest BCUT2D eigenvalue weighted by atomic mass is 10.1. The van der Waals surface area contributed by atoms with Crippen LogP contribution < -0.4 is 10.3 Å². The fourth-order valence-corrected chi connectivity index (χ4v) is 4.04. The van der Waals surface area contributed by atoms with Gasteiger partial charge in [-0.15, -0.1) is 0 Å². The molecule has 0 aliphatic carbocycles. The van der Waals surface area contributed by atoms with E-state index < -0.39 is 27.0 Å². The summed E-state index contributed by atoms with van der Waals surface area (Å²) < 4.78 is 58.0. The molecule has 0 aliphatic heterocycles. The maximum Gasteiger partial charge on any atom is 0.288 e. The second kappa shape index (κ2) is 7.58. The fourth-order valence-electron chi connectivity index (χ4n) is 3.27. The van der Waals surface area contributed by atoms with Gasteiger partial charge in [-0.3, -0.25) is 9.20 Å². The van der Waals surface area contributed by atoms with Crippen LogP contribution in [0.5, 0.6) is 11.6 Å². The van der Waals surface area contributed by atoms with Gasteiger partial charge in [0, 0.05) is 18.5 Å². The molecule has 3 heterocycles. The van der Waals surface area contributed by atoms with E-state index >= 15 is 0 Å². The van der Waals surface area contributed by atoms with E-state index in [0.717, 1.165) is 18.4 Å². The number of benzene rings is 1. The van der Waals surface area contributed by atoms with Gasteiger partial charge in [-0.25, -0.2) is 27.3 Å². The van der Waals surface area contributed by atoms with Gasteiger partial charge in [0.2, 0.25) is 5.88 Å². The lowest BCUT2D eigenvalue weighted by Crippen LogP contribution is -2.11. The molecule has 0 spiro atoms. The molecular weight excluding hydrogens is 430 g/mol. The first-order chi connectivity index (χ1) is 14.6. The van der Waals surface area contributed by atoms with Crippen molar-refractivity contribution in [1.29, 1.82) is 0 Å². The Balaban J connectivity index is 1.93. The summed E-state index contributed by atoms with van der Waals surface area (Å²) in [5.74, 6) is -2.29. The molecule has 3 aromatic heterocycles. The number of nitrogens with zero attached hydrogens (tertiary/aromatic N) is 3. The molecule has 31 heavy (non-hydrogen) atoms. The number of hydrogen-bond acceptors (Lipinski definition) is 6. The van der Waals surface area contributed by atoms with Crippen LogP contribution in [-0.2, 0) is 15.6 Å². The predicted octanol–water partition coefficient (Wildman–Crippen LogP) is 3.01. The van der Waals surface area contributed by atoms with Gasteiger partial charge in [-0.05, 0) is 42.3 Å². The highest BCUT2D eigenvalue weighted by Gasteiger charge is 2.19. The monoisotopic (exact) mass is 446 g/mol. The molecule has 1 aromatic carbocycles. The van der Waals surface area contributed by atoms with Crippen molar-refractivity contribution >= 4 is 15.4 Å². The number of aromatic amines is 1. The van der Waals surface area contributed by atoms with Gasteiger partial charge in [0.25, 0.3) is 5.56 Å². The lowest BCUT2D eigenvalue weighted by molar-refractivity contribution is 0.425. The highest BCUT2D eigenvalue weighted by atomic mass is 32.2. The SMILES string of the molecule is Cc1cc(-c2cc(CS(C)(=O)=O)cnc2Oc2ccc(F)cc2F)n2cn[nH]c(=O)c12. The third-order valence-electron chi connectivity index (χ3n) is 4.49. The van der Waals surface area contributed by atoms with Crippen LogP contribution in [0.15, 0.2) is 47.7 Å². The number of aromatic nitrogens is 4. The number of pyridine rings is 1. The number of H-pyrrole nitrogens is 1. The molecule has 0 aliphatic rings. The maximum absolute atomic E-state index is 14.1. The van der Waals surface area contributed by atoms with Crippen molar-refractivity contribution in [3.8, 4) is 22.9 Å². The first kappa shape index (κ1) is 20.7. The van der Waals surface area contributed by atoms with Gasteiger partial charge in [0.05, 0.1) is 17.0 Å². The van der Waals surface area contributed by atoms with Gasteiger partial charge in [0.15, 0.2) is 21.4 Å². The second-order valence-corrected chi connectivity index (χ2v) is 9.20. The van der Waals surface area contributed by atoms with E-state index in [9.17, 15) is 22.0 Å². The highest BCUT2D eigenvalue weighted by Crippen LogP contribution is 2.35. The molecule has 8 nitrogen and oxygen atoms in total. The maximum atomic E-state index is 14.1. The molecule has 0 radical (unpaired) electrons. The van der Waals surface area contributed by atoms with Crippen LogP contribution in [-0.4, -0.2) is 34.3 Å². The molecule has 1 N–H and O–H groups in total. The third kappa shape index (κ3) is 4.17. The minimum Gasteiger partial charge on any atom is -0.435 e. The van der Waals surface area contributed by atoms with Crippen molar-refractivity contribution in [2.45, 2.75) is 12.7 Å². The van der Waals surface area contributed by atoms with Crippen LogP contribution in [0.1, 0.15) is 11.1 Å². The van der Waals surface area contributed by atoms with Crippen molar-refractivity contribution in [3.63, 3.8) is 0 Å². The van der Waals surface area contributed by atoms with E-state index in [-0.39, 0.29) is 17.4 Å². The molecule has 0 atom stereocenters. The normalized spacial score (nSPS) is 11.7. The van der Waals surface area contributed by atoms with E-state index in [4.69, 9.17) is 4.74 Å². The van der Waals surface area contributed by atoms with Crippen LogP contribution in [0, 0.1) is 18.6 Å². The molecule has 0 fully saturated rings. The van der Waals surface area contributed by atoms with E-state index in [1.165, 1.54) is 23.0 Å². The average Bonchev–Trinajstić information content (AvgIpc) is 3.01. The number of aryl methyl sites for hydroxylation is 1. The van der Waals surface area contributed by atoms with E-state index in [0.29, 0.717) is 34.0 Å². The summed E-state index contributed by atoms with van der Waals surface area (Å²) >= 11 is 0. The summed E-state index contributed by atoms with van der Waals surface area (Å²) in [7, 11) is -3.36. The van der Waals surface area contributed by atoms with Crippen molar-refractivity contribution < 1.29 is 21.9 Å². The summed E-state index contributed by atoms with van der Waals surface area (Å²) in [5.41, 5.74) is 1.66. The highest BCUT2D eigenvalue weighted by molar-refractivity contribution is 7.89. The Morgan fingerprint density at radius 3 is 2.68 bits per heavy atom. The summed E-state index contributed by atoms with van der Waals surface area (Å²) in [5, 5.41) is 6.15. The van der Waals surface area contributed by atoms with Gasteiger partial charge in [-0.2, -0.15) is 5.10 Å². The number of fused-ring (bicyclic) bond motifs is 1. The second-order valence-electron chi connectivity index (χ2n) is 7.06. The molecule has 11 heteroatoms. The number of nitrogens with one attached hydrogen (secondary N) is 1. The predicted molar refractivity (Wildman–Crippen MR) is 109 cm³/mol. The Kier molecular flexibility index (Phi) is 5.05. The Morgan fingerprint density at radius 2 is 1.97 bits per heavy atom. The molecule has 0 saturated heterocycles. The zero-order chi connectivity index (χ0) is 22.3. The van der Waals surface area contributed by atoms with Crippen LogP contribution in [0.2, 0.25) is 0 Å². The van der Waals surface area contributed by atoms with Gasteiger partial charge < -0.3 is 4.74 Å². The summed E-state index contributed by atoms with van der Waals surface area (Å²) in [6, 6.07) is 6.05. The van der Waals surface area contributed by atoms with Crippen LogP contribution in [0.4, 0.5) is 8.78 Å². The molecule has 0 amide bonds. The van der Waals surface area contributed by atoms with Gasteiger partial charge in [-0.1, -0.05) is 0 Å². The standard InChI is InChI=1S/C20H16F2N4O4S/c1-11-5-16(26-10-24-25-19(27)18(11)26)14-6-12(9-31(2,28)29)8-23-20(14)30-17-4-3-13(21)7-15(17)22/h3-8,10H,9H2,1-2H3,(H,25,27). The zero-order valence-electron chi connectivity index (χ0n) is 16.4. The van der Waals surface area contributed by atoms with E-state index in [1.807, 2.05) is 0 Å². The molecule has 160 valence electrons. The topological polar surface area (TPSA) is 106 Å². The summed E-state index contributed by atoms with van der Waals surface area (Å²) in [6.07, 6.45) is 3.77. The Bertz CT molecular complexity index is 1480. The third-order valence-corrected chi connectivity index (χ3v) is 5.35. The molecule has 4 rings (SSSR count). The van der Waals surface area contributed by atoms with Crippen LogP contribution >= 0.6 is 0 Å². The minimum absolute atomic E-state index is 0.0533. The summed E-state index contributed by atoms with van der Waals surface area (Å²) in [6.45, 7) is 1.72. The molecule has 0 unspecified atom stereocenters. The van der Waals surface area contributed by atoms with E-state index in [1.54, 1.807) is 13.0 Å². The van der Waals surface area contributed by atoms with E-state index in [2.05, 4.69) is 15.2 Å². The minimum atomic E-state index is -3.36. The molecule has 0 bridgehead atoms. The number of rotatable bonds is 5. The lowest BCUT2D eigenvalue weighted by Gasteiger charge is -2.12. The molecular formula is C20H16F2N4O4S. The Labute approximate surface area is 175 Å². The molecule has 0 saturated carbocycles. The van der Waals surface area contributed by atoms with Crippen molar-refractivity contribution in [1.82, 2.24) is 19.6 Å². The first-order valence-electron chi connectivity index (χ1n) is 8.97. The molecule has 4 aromatic rings. The number of ether oxygens (including phenoxy) is 1. The number of halogens is 2.